The Bertz CT molecular complexity index is 800. The van der Waals surface area contributed by atoms with Gasteiger partial charge < -0.3 is 10.2 Å². The van der Waals surface area contributed by atoms with E-state index in [1.807, 2.05) is 42.2 Å². The number of nitrogens with one attached hydrogen (secondary N) is 1. The van der Waals surface area contributed by atoms with E-state index in [9.17, 15) is 9.59 Å². The van der Waals surface area contributed by atoms with Crippen molar-refractivity contribution in [2.24, 2.45) is 5.92 Å². The maximum atomic E-state index is 12.7. The number of carbonyl (C=O) groups excluding carboxylic acids is 2. The van der Waals surface area contributed by atoms with Crippen LogP contribution in [0.3, 0.4) is 0 Å². The van der Waals surface area contributed by atoms with Crippen LogP contribution in [0.1, 0.15) is 31.7 Å². The van der Waals surface area contributed by atoms with E-state index in [0.717, 1.165) is 36.2 Å². The van der Waals surface area contributed by atoms with E-state index >= 15 is 0 Å². The second kappa shape index (κ2) is 8.17. The van der Waals surface area contributed by atoms with Crippen LogP contribution in [0.2, 0.25) is 0 Å². The van der Waals surface area contributed by atoms with Crippen molar-refractivity contribution in [3.8, 4) is 11.1 Å². The van der Waals surface area contributed by atoms with Crippen LogP contribution in [0, 0.1) is 12.8 Å². The van der Waals surface area contributed by atoms with Crippen LogP contribution >= 0.6 is 0 Å². The molecule has 26 heavy (non-hydrogen) atoms. The summed E-state index contributed by atoms with van der Waals surface area (Å²) < 4.78 is 0. The second-order valence-corrected chi connectivity index (χ2v) is 6.97. The standard InChI is InChI=1S/C22H26N2O2/c1-3-21(25)24-12-6-10-19(15-24)22(26)23-20-11-5-9-18(14-20)17-8-4-7-16(2)13-17/h4-5,7-9,11,13-14,19H,3,6,10,12,15H2,1-2H3,(H,23,26)/t19-/m0/s1. The molecule has 3 rings (SSSR count). The lowest BCUT2D eigenvalue weighted by Gasteiger charge is -2.32. The molecule has 1 atom stereocenters. The zero-order valence-electron chi connectivity index (χ0n) is 15.5. The predicted molar refractivity (Wildman–Crippen MR) is 105 cm³/mol. The monoisotopic (exact) mass is 350 g/mol. The van der Waals surface area contributed by atoms with Crippen molar-refractivity contribution in [3.05, 3.63) is 54.1 Å². The number of likely N-dealkylation sites (tertiary alicyclic amines) is 1. The molecule has 1 aliphatic heterocycles. The number of nitrogens with zero attached hydrogens (tertiary/aromatic N) is 1. The summed E-state index contributed by atoms with van der Waals surface area (Å²) >= 11 is 0. The summed E-state index contributed by atoms with van der Waals surface area (Å²) in [6.07, 6.45) is 2.21. The summed E-state index contributed by atoms with van der Waals surface area (Å²) in [6.45, 7) is 5.22. The molecule has 4 heteroatoms. The van der Waals surface area contributed by atoms with E-state index in [0.29, 0.717) is 13.0 Å². The smallest absolute Gasteiger partial charge is 0.229 e. The second-order valence-electron chi connectivity index (χ2n) is 6.97. The fraction of sp³-hybridized carbons (Fsp3) is 0.364. The number of carbonyl (C=O) groups is 2. The molecule has 1 saturated heterocycles. The highest BCUT2D eigenvalue weighted by molar-refractivity contribution is 5.93. The molecule has 136 valence electrons. The predicted octanol–water partition coefficient (Wildman–Crippen LogP) is 4.25. The van der Waals surface area contributed by atoms with Crippen molar-refractivity contribution in [2.45, 2.75) is 33.1 Å². The zero-order valence-corrected chi connectivity index (χ0v) is 15.5. The number of hydrogen-bond acceptors (Lipinski definition) is 2. The number of hydrogen-bond donors (Lipinski definition) is 1. The number of anilines is 1. The fourth-order valence-electron chi connectivity index (χ4n) is 3.49. The fourth-order valence-corrected chi connectivity index (χ4v) is 3.49. The van der Waals surface area contributed by atoms with Crippen molar-refractivity contribution < 1.29 is 9.59 Å². The van der Waals surface area contributed by atoms with Gasteiger partial charge >= 0.3 is 0 Å². The molecule has 1 heterocycles. The van der Waals surface area contributed by atoms with Crippen molar-refractivity contribution in [3.63, 3.8) is 0 Å². The summed E-state index contributed by atoms with van der Waals surface area (Å²) in [5.41, 5.74) is 4.23. The van der Waals surface area contributed by atoms with Crippen LogP contribution in [0.4, 0.5) is 5.69 Å². The van der Waals surface area contributed by atoms with Gasteiger partial charge in [-0.2, -0.15) is 0 Å². The summed E-state index contributed by atoms with van der Waals surface area (Å²) in [6, 6.07) is 16.2. The Morgan fingerprint density at radius 1 is 1.12 bits per heavy atom. The first-order valence-corrected chi connectivity index (χ1v) is 9.32. The van der Waals surface area contributed by atoms with Gasteiger partial charge in [0, 0.05) is 25.2 Å². The van der Waals surface area contributed by atoms with Gasteiger partial charge in [-0.15, -0.1) is 0 Å². The van der Waals surface area contributed by atoms with E-state index < -0.39 is 0 Å². The molecule has 0 saturated carbocycles. The van der Waals surface area contributed by atoms with Crippen molar-refractivity contribution in [2.75, 3.05) is 18.4 Å². The highest BCUT2D eigenvalue weighted by Gasteiger charge is 2.27. The molecule has 0 spiro atoms. The molecule has 2 amide bonds. The lowest BCUT2D eigenvalue weighted by atomic mass is 9.96. The number of piperidine rings is 1. The van der Waals surface area contributed by atoms with Gasteiger partial charge in [-0.25, -0.2) is 0 Å². The van der Waals surface area contributed by atoms with Crippen LogP contribution in [-0.4, -0.2) is 29.8 Å². The molecule has 0 bridgehead atoms. The Labute approximate surface area is 155 Å². The Morgan fingerprint density at radius 2 is 1.85 bits per heavy atom. The molecule has 2 aromatic rings. The summed E-state index contributed by atoms with van der Waals surface area (Å²) in [4.78, 5) is 26.4. The van der Waals surface area contributed by atoms with Gasteiger partial charge in [0.1, 0.15) is 0 Å². The molecule has 2 aromatic carbocycles. The lowest BCUT2D eigenvalue weighted by molar-refractivity contribution is -0.134. The first kappa shape index (κ1) is 18.2. The third-order valence-corrected chi connectivity index (χ3v) is 4.93. The molecular weight excluding hydrogens is 324 g/mol. The molecule has 4 nitrogen and oxygen atoms in total. The maximum Gasteiger partial charge on any atom is 0.229 e. The average Bonchev–Trinajstić information content (AvgIpc) is 2.67. The molecule has 0 aromatic heterocycles. The minimum absolute atomic E-state index is 0.00000436. The Morgan fingerprint density at radius 3 is 2.58 bits per heavy atom. The zero-order chi connectivity index (χ0) is 18.5. The van der Waals surface area contributed by atoms with Gasteiger partial charge in [-0.3, -0.25) is 9.59 Å². The topological polar surface area (TPSA) is 49.4 Å². The lowest BCUT2D eigenvalue weighted by Crippen LogP contribution is -2.43. The van der Waals surface area contributed by atoms with Crippen molar-refractivity contribution >= 4 is 17.5 Å². The van der Waals surface area contributed by atoms with Crippen LogP contribution < -0.4 is 5.32 Å². The summed E-state index contributed by atoms with van der Waals surface area (Å²) in [7, 11) is 0. The molecule has 0 unspecified atom stereocenters. The van der Waals surface area contributed by atoms with E-state index in [4.69, 9.17) is 0 Å². The highest BCUT2D eigenvalue weighted by atomic mass is 16.2. The number of amides is 2. The van der Waals surface area contributed by atoms with Crippen LogP contribution in [-0.2, 0) is 9.59 Å². The minimum atomic E-state index is -0.137. The molecule has 0 aliphatic carbocycles. The molecule has 0 radical (unpaired) electrons. The van der Waals surface area contributed by atoms with E-state index in [-0.39, 0.29) is 17.7 Å². The van der Waals surface area contributed by atoms with Gasteiger partial charge in [-0.05, 0) is 43.0 Å². The Hall–Kier alpha value is -2.62. The van der Waals surface area contributed by atoms with Crippen LogP contribution in [0.15, 0.2) is 48.5 Å². The van der Waals surface area contributed by atoms with Gasteiger partial charge in [0.05, 0.1) is 5.92 Å². The van der Waals surface area contributed by atoms with E-state index in [1.54, 1.807) is 0 Å². The van der Waals surface area contributed by atoms with E-state index in [2.05, 4.69) is 30.4 Å². The molecule has 1 aliphatic rings. The van der Waals surface area contributed by atoms with Gasteiger partial charge in [0.25, 0.3) is 0 Å². The molecular formula is C22H26N2O2. The van der Waals surface area contributed by atoms with E-state index in [1.165, 1.54) is 5.56 Å². The third-order valence-electron chi connectivity index (χ3n) is 4.93. The first-order valence-electron chi connectivity index (χ1n) is 9.32. The maximum absolute atomic E-state index is 12.7. The van der Waals surface area contributed by atoms with Gasteiger partial charge in [-0.1, -0.05) is 48.9 Å². The Kier molecular flexibility index (Phi) is 5.71. The minimum Gasteiger partial charge on any atom is -0.342 e. The Balaban J connectivity index is 1.70. The summed E-state index contributed by atoms with van der Waals surface area (Å²) in [5.74, 6) is -0.00850. The quantitative estimate of drug-likeness (QED) is 0.896. The molecule has 1 N–H and O–H groups in total. The third kappa shape index (κ3) is 4.31. The average molecular weight is 350 g/mol. The number of benzene rings is 2. The first-order chi connectivity index (χ1) is 12.6. The van der Waals surface area contributed by atoms with Crippen molar-refractivity contribution in [1.82, 2.24) is 4.90 Å². The van der Waals surface area contributed by atoms with Crippen LogP contribution in [0.5, 0.6) is 0 Å². The van der Waals surface area contributed by atoms with Gasteiger partial charge in [0.15, 0.2) is 0 Å². The highest BCUT2D eigenvalue weighted by Crippen LogP contribution is 2.25. The largest absolute Gasteiger partial charge is 0.342 e. The molecule has 1 fully saturated rings. The SMILES string of the molecule is CCC(=O)N1CCC[C@H](C(=O)Nc2cccc(-c3cccc(C)c3)c2)C1. The number of rotatable bonds is 4. The number of aryl methyl sites for hydroxylation is 1. The summed E-state index contributed by atoms with van der Waals surface area (Å²) in [5, 5.41) is 3.04. The van der Waals surface area contributed by atoms with Crippen molar-refractivity contribution in [1.29, 1.82) is 0 Å². The normalized spacial score (nSPS) is 17.0. The van der Waals surface area contributed by atoms with Gasteiger partial charge in [0.2, 0.25) is 11.8 Å². The van der Waals surface area contributed by atoms with Crippen LogP contribution in [0.25, 0.3) is 11.1 Å².